The van der Waals surface area contributed by atoms with Crippen LogP contribution in [0.15, 0.2) is 42.5 Å². The van der Waals surface area contributed by atoms with E-state index in [1.165, 1.54) is 0 Å². The van der Waals surface area contributed by atoms with E-state index in [0.717, 1.165) is 11.3 Å². The second kappa shape index (κ2) is 8.19. The first-order valence-corrected chi connectivity index (χ1v) is 9.30. The van der Waals surface area contributed by atoms with E-state index in [1.54, 1.807) is 66.4 Å². The minimum Gasteiger partial charge on any atom is -0.496 e. The zero-order valence-electron chi connectivity index (χ0n) is 15.1. The average Bonchev–Trinajstić information content (AvgIpc) is 3.03. The van der Waals surface area contributed by atoms with Crippen molar-refractivity contribution in [3.05, 3.63) is 58.1 Å². The van der Waals surface area contributed by atoms with Crippen LogP contribution in [0.5, 0.6) is 5.75 Å². The molecule has 2 aromatic rings. The van der Waals surface area contributed by atoms with Crippen LogP contribution in [-0.4, -0.2) is 37.4 Å². The molecule has 1 heterocycles. The average molecular weight is 407 g/mol. The lowest BCUT2D eigenvalue weighted by atomic mass is 10.1. The molecule has 3 rings (SSSR count). The number of carbonyl (C=O) groups is 2. The van der Waals surface area contributed by atoms with Crippen LogP contribution in [0.25, 0.3) is 0 Å². The number of anilines is 1. The van der Waals surface area contributed by atoms with Gasteiger partial charge in [0.1, 0.15) is 11.7 Å². The molecule has 1 aliphatic rings. The van der Waals surface area contributed by atoms with Crippen molar-refractivity contribution in [2.45, 2.75) is 13.0 Å². The highest BCUT2D eigenvalue weighted by Crippen LogP contribution is 2.29. The number of rotatable bonds is 5. The molecule has 0 N–H and O–H groups in total. The third kappa shape index (κ3) is 4.20. The zero-order valence-corrected chi connectivity index (χ0v) is 16.6. The van der Waals surface area contributed by atoms with E-state index in [1.807, 2.05) is 0 Å². The van der Waals surface area contributed by atoms with Crippen molar-refractivity contribution in [3.8, 4) is 5.75 Å². The second-order valence-electron chi connectivity index (χ2n) is 6.46. The van der Waals surface area contributed by atoms with E-state index >= 15 is 0 Å². The first-order valence-electron chi connectivity index (χ1n) is 8.55. The van der Waals surface area contributed by atoms with Gasteiger partial charge in [0.05, 0.1) is 7.11 Å². The number of hydrogen-bond donors (Lipinski definition) is 0. The molecule has 0 aromatic heterocycles. The number of carbonyl (C=O) groups excluding carboxylic acids is 2. The Morgan fingerprint density at radius 2 is 1.85 bits per heavy atom. The fourth-order valence-corrected chi connectivity index (χ4v) is 3.58. The summed E-state index contributed by atoms with van der Waals surface area (Å²) in [5.41, 5.74) is 1.54. The van der Waals surface area contributed by atoms with Crippen LogP contribution in [0.2, 0.25) is 10.0 Å². The monoisotopic (exact) mass is 406 g/mol. The van der Waals surface area contributed by atoms with Gasteiger partial charge in [-0.1, -0.05) is 23.2 Å². The van der Waals surface area contributed by atoms with Gasteiger partial charge in [-0.3, -0.25) is 9.59 Å². The summed E-state index contributed by atoms with van der Waals surface area (Å²) in [6.07, 6.45) is 0.483. The first-order chi connectivity index (χ1) is 12.9. The van der Waals surface area contributed by atoms with Gasteiger partial charge in [0.15, 0.2) is 0 Å². The van der Waals surface area contributed by atoms with Crippen molar-refractivity contribution < 1.29 is 14.3 Å². The highest BCUT2D eigenvalue weighted by atomic mass is 35.5. The molecule has 1 atom stereocenters. The van der Waals surface area contributed by atoms with E-state index in [4.69, 9.17) is 27.9 Å². The molecule has 27 heavy (non-hydrogen) atoms. The van der Waals surface area contributed by atoms with E-state index in [-0.39, 0.29) is 11.8 Å². The van der Waals surface area contributed by atoms with Gasteiger partial charge in [0.25, 0.3) is 0 Å². The lowest BCUT2D eigenvalue weighted by molar-refractivity contribution is -0.139. The van der Waals surface area contributed by atoms with Gasteiger partial charge in [0, 0.05) is 41.4 Å². The Kier molecular flexibility index (Phi) is 5.92. The van der Waals surface area contributed by atoms with Gasteiger partial charge in [-0.15, -0.1) is 0 Å². The predicted octanol–water partition coefficient (Wildman–Crippen LogP) is 4.01. The van der Waals surface area contributed by atoms with Gasteiger partial charge in [-0.2, -0.15) is 0 Å². The molecule has 0 aliphatic carbocycles. The summed E-state index contributed by atoms with van der Waals surface area (Å²) in [7, 11) is 3.25. The largest absolute Gasteiger partial charge is 0.496 e. The van der Waals surface area contributed by atoms with Crippen molar-refractivity contribution in [3.63, 3.8) is 0 Å². The Balaban J connectivity index is 1.71. The predicted molar refractivity (Wildman–Crippen MR) is 106 cm³/mol. The Hall–Kier alpha value is -2.24. The number of amides is 2. The Labute approximate surface area is 168 Å². The summed E-state index contributed by atoms with van der Waals surface area (Å²) in [5.74, 6) is -0.429. The number of benzene rings is 2. The standard InChI is InChI=1S/C20H20Cl2N2O3/c1-23(12-13-11-15(22)5-8-18(13)27-2)19(25)17-9-10-24(20(17)26)16-6-3-14(21)4-7-16/h3-8,11,17H,9-10,12H2,1-2H3. The van der Waals surface area contributed by atoms with Crippen LogP contribution in [0, 0.1) is 5.92 Å². The maximum Gasteiger partial charge on any atom is 0.239 e. The summed E-state index contributed by atoms with van der Waals surface area (Å²) in [6, 6.07) is 12.3. The highest BCUT2D eigenvalue weighted by molar-refractivity contribution is 6.31. The van der Waals surface area contributed by atoms with Crippen molar-refractivity contribution in [1.82, 2.24) is 4.90 Å². The van der Waals surface area contributed by atoms with Crippen LogP contribution >= 0.6 is 23.2 Å². The number of nitrogens with zero attached hydrogens (tertiary/aromatic N) is 2. The molecule has 0 bridgehead atoms. The smallest absolute Gasteiger partial charge is 0.239 e. The van der Waals surface area contributed by atoms with Crippen molar-refractivity contribution >= 4 is 40.7 Å². The molecule has 0 saturated carbocycles. The van der Waals surface area contributed by atoms with Gasteiger partial charge >= 0.3 is 0 Å². The summed E-state index contributed by atoms with van der Waals surface area (Å²) in [5, 5.41) is 1.17. The van der Waals surface area contributed by atoms with Crippen LogP contribution in [0.3, 0.4) is 0 Å². The van der Waals surface area contributed by atoms with Gasteiger partial charge in [0.2, 0.25) is 11.8 Å². The summed E-state index contributed by atoms with van der Waals surface area (Å²) in [4.78, 5) is 28.8. The molecule has 5 nitrogen and oxygen atoms in total. The molecule has 1 unspecified atom stereocenters. The Morgan fingerprint density at radius 3 is 2.52 bits per heavy atom. The van der Waals surface area contributed by atoms with E-state index < -0.39 is 5.92 Å². The van der Waals surface area contributed by atoms with Crippen LogP contribution < -0.4 is 9.64 Å². The summed E-state index contributed by atoms with van der Waals surface area (Å²) < 4.78 is 5.33. The van der Waals surface area contributed by atoms with E-state index in [2.05, 4.69) is 0 Å². The molecule has 142 valence electrons. The third-order valence-electron chi connectivity index (χ3n) is 4.67. The lowest BCUT2D eigenvalue weighted by Gasteiger charge is -2.22. The van der Waals surface area contributed by atoms with Gasteiger partial charge < -0.3 is 14.5 Å². The molecule has 7 heteroatoms. The van der Waals surface area contributed by atoms with Crippen LogP contribution in [0.1, 0.15) is 12.0 Å². The minimum atomic E-state index is -0.684. The number of ether oxygens (including phenoxy) is 1. The van der Waals surface area contributed by atoms with Gasteiger partial charge in [-0.05, 0) is 48.9 Å². The normalized spacial score (nSPS) is 16.5. The highest BCUT2D eigenvalue weighted by Gasteiger charge is 2.39. The third-order valence-corrected chi connectivity index (χ3v) is 5.16. The molecule has 0 radical (unpaired) electrons. The molecular weight excluding hydrogens is 387 g/mol. The van der Waals surface area contributed by atoms with E-state index in [9.17, 15) is 9.59 Å². The minimum absolute atomic E-state index is 0.188. The Morgan fingerprint density at radius 1 is 1.19 bits per heavy atom. The van der Waals surface area contributed by atoms with Gasteiger partial charge in [-0.25, -0.2) is 0 Å². The molecule has 2 amide bonds. The van der Waals surface area contributed by atoms with Crippen LogP contribution in [-0.2, 0) is 16.1 Å². The topological polar surface area (TPSA) is 49.9 Å². The SMILES string of the molecule is COc1ccc(Cl)cc1CN(C)C(=O)C1CCN(c2ccc(Cl)cc2)C1=O. The molecule has 1 fully saturated rings. The summed E-state index contributed by atoms with van der Waals surface area (Å²) >= 11 is 12.0. The van der Waals surface area contributed by atoms with Crippen LogP contribution in [0.4, 0.5) is 5.69 Å². The number of methoxy groups -OCH3 is 1. The second-order valence-corrected chi connectivity index (χ2v) is 7.33. The number of halogens is 2. The molecular formula is C20H20Cl2N2O3. The lowest BCUT2D eigenvalue weighted by Crippen LogP contribution is -2.37. The Bertz CT molecular complexity index is 855. The molecule has 1 saturated heterocycles. The maximum absolute atomic E-state index is 12.9. The molecule has 2 aromatic carbocycles. The fourth-order valence-electron chi connectivity index (χ4n) is 3.26. The summed E-state index contributed by atoms with van der Waals surface area (Å²) in [6.45, 7) is 0.818. The van der Waals surface area contributed by atoms with E-state index in [0.29, 0.717) is 35.3 Å². The van der Waals surface area contributed by atoms with Crippen molar-refractivity contribution in [2.24, 2.45) is 5.92 Å². The number of hydrogen-bond acceptors (Lipinski definition) is 3. The molecule has 0 spiro atoms. The fraction of sp³-hybridized carbons (Fsp3) is 0.300. The zero-order chi connectivity index (χ0) is 19.6. The molecule has 1 aliphatic heterocycles. The quantitative estimate of drug-likeness (QED) is 0.704. The van der Waals surface area contributed by atoms with Crippen molar-refractivity contribution in [1.29, 1.82) is 0 Å². The maximum atomic E-state index is 12.9. The first kappa shape index (κ1) is 19.5. The van der Waals surface area contributed by atoms with Crippen molar-refractivity contribution in [2.75, 3.05) is 25.6 Å².